The molecule has 0 aliphatic rings. The van der Waals surface area contributed by atoms with Gasteiger partial charge < -0.3 is 4.43 Å². The number of fused-ring (bicyclic) bond motifs is 1. The normalized spacial score (nSPS) is 13.2. The molecule has 0 saturated heterocycles. The van der Waals surface area contributed by atoms with Crippen molar-refractivity contribution in [3.05, 3.63) is 42.2 Å². The minimum Gasteiger partial charge on any atom is -0.406 e. The van der Waals surface area contributed by atoms with Crippen molar-refractivity contribution in [3.63, 3.8) is 0 Å². The third-order valence-electron chi connectivity index (χ3n) is 5.85. The molecule has 0 aromatic carbocycles. The number of imidazole rings is 1. The van der Waals surface area contributed by atoms with Gasteiger partial charge in [-0.05, 0) is 58.0 Å². The Morgan fingerprint density at radius 2 is 1.67 bits per heavy atom. The first-order chi connectivity index (χ1) is 14.0. The van der Waals surface area contributed by atoms with E-state index in [2.05, 4.69) is 49.6 Å². The van der Waals surface area contributed by atoms with Gasteiger partial charge in [0.2, 0.25) is 5.78 Å². The summed E-state index contributed by atoms with van der Waals surface area (Å²) in [7, 11) is -1.79. The number of rotatable bonds is 8. The van der Waals surface area contributed by atoms with Crippen LogP contribution < -0.4 is 0 Å². The van der Waals surface area contributed by atoms with Crippen LogP contribution in [0.3, 0.4) is 0 Å². The number of alkyl halides is 1. The van der Waals surface area contributed by atoms with Gasteiger partial charge in [-0.15, -0.1) is 0 Å². The van der Waals surface area contributed by atoms with Crippen molar-refractivity contribution in [1.29, 1.82) is 0 Å². The maximum absolute atomic E-state index is 14.3. The first-order valence-corrected chi connectivity index (χ1v) is 13.2. The summed E-state index contributed by atoms with van der Waals surface area (Å²) >= 11 is 0. The number of hydrogen-bond acceptors (Lipinski definition) is 5. The fraction of sp³-hybridized carbons (Fsp3) is 0.545. The molecule has 0 bridgehead atoms. The van der Waals surface area contributed by atoms with Gasteiger partial charge in [0.05, 0.1) is 28.9 Å². The van der Waals surface area contributed by atoms with Crippen LogP contribution in [-0.2, 0) is 15.7 Å². The summed E-state index contributed by atoms with van der Waals surface area (Å²) in [6, 6.07) is 6.98. The lowest BCUT2D eigenvalue weighted by Crippen LogP contribution is -2.43. The first kappa shape index (κ1) is 22.5. The van der Waals surface area contributed by atoms with E-state index >= 15 is 0 Å². The lowest BCUT2D eigenvalue weighted by molar-refractivity contribution is 0.0894. The van der Waals surface area contributed by atoms with Gasteiger partial charge >= 0.3 is 0 Å². The second-order valence-electron chi connectivity index (χ2n) is 8.72. The predicted molar refractivity (Wildman–Crippen MR) is 119 cm³/mol. The zero-order valence-corrected chi connectivity index (χ0v) is 20.0. The monoisotopic (exact) mass is 429 g/mol. The summed E-state index contributed by atoms with van der Waals surface area (Å²) < 4.78 is 22.9. The van der Waals surface area contributed by atoms with E-state index in [0.717, 1.165) is 29.5 Å². The van der Waals surface area contributed by atoms with Crippen molar-refractivity contribution < 1.29 is 8.82 Å². The first-order valence-electron chi connectivity index (χ1n) is 10.6. The topological polar surface area (TPSA) is 65.2 Å². The summed E-state index contributed by atoms with van der Waals surface area (Å²) in [6.45, 7) is 13.7. The lowest BCUT2D eigenvalue weighted by atomic mass is 10.1. The molecular formula is C22H32FN5OSi. The van der Waals surface area contributed by atoms with Gasteiger partial charge in [0.15, 0.2) is 19.8 Å². The Morgan fingerprint density at radius 3 is 2.27 bits per heavy atom. The molecular weight excluding hydrogens is 397 g/mol. The van der Waals surface area contributed by atoms with E-state index in [-0.39, 0.29) is 5.82 Å². The molecule has 3 aromatic heterocycles. The van der Waals surface area contributed by atoms with E-state index in [1.54, 1.807) is 18.5 Å². The fourth-order valence-corrected chi connectivity index (χ4v) is 6.86. The predicted octanol–water partition coefficient (Wildman–Crippen LogP) is 5.65. The van der Waals surface area contributed by atoms with E-state index in [9.17, 15) is 4.39 Å². The Morgan fingerprint density at radius 1 is 1.00 bits per heavy atom. The Labute approximate surface area is 179 Å². The van der Waals surface area contributed by atoms with E-state index in [1.807, 2.05) is 16.7 Å². The minimum absolute atomic E-state index is 0.147. The number of halogens is 1. The van der Waals surface area contributed by atoms with Gasteiger partial charge in [-0.2, -0.15) is 0 Å². The second kappa shape index (κ2) is 8.15. The second-order valence-corrected chi connectivity index (χ2v) is 13.4. The van der Waals surface area contributed by atoms with Crippen molar-refractivity contribution in [1.82, 2.24) is 24.3 Å². The van der Waals surface area contributed by atoms with Crippen LogP contribution in [0.2, 0.25) is 18.1 Å². The van der Waals surface area contributed by atoms with Crippen molar-refractivity contribution >= 4 is 14.1 Å². The van der Waals surface area contributed by atoms with Crippen LogP contribution in [-0.4, -0.2) is 32.7 Å². The van der Waals surface area contributed by atoms with Crippen LogP contribution in [0.15, 0.2) is 30.7 Å². The van der Waals surface area contributed by atoms with Gasteiger partial charge in [-0.25, -0.2) is 24.3 Å². The molecule has 0 aliphatic carbocycles. The molecule has 0 unspecified atom stereocenters. The zero-order chi connectivity index (χ0) is 22.2. The maximum atomic E-state index is 14.3. The smallest absolute Gasteiger partial charge is 0.234 e. The van der Waals surface area contributed by atoms with Crippen LogP contribution in [0.1, 0.15) is 60.0 Å². The van der Waals surface area contributed by atoms with Crippen LogP contribution in [0.4, 0.5) is 4.39 Å². The Hall–Kier alpha value is -2.19. The molecule has 0 N–H and O–H groups in total. The summed E-state index contributed by atoms with van der Waals surface area (Å²) in [6.07, 6.45) is 5.21. The Kier molecular flexibility index (Phi) is 6.11. The molecule has 3 rings (SSSR count). The van der Waals surface area contributed by atoms with Gasteiger partial charge in [-0.3, -0.25) is 4.40 Å². The van der Waals surface area contributed by atoms with Crippen LogP contribution in [0, 0.1) is 0 Å². The van der Waals surface area contributed by atoms with Gasteiger partial charge in [0, 0.05) is 12.4 Å². The summed E-state index contributed by atoms with van der Waals surface area (Å²) in [5, 5.41) is 0. The minimum atomic E-state index is -1.79. The van der Waals surface area contributed by atoms with Crippen molar-refractivity contribution in [2.75, 3.05) is 0 Å². The molecule has 0 fully saturated rings. The fourth-order valence-electron chi connectivity index (χ4n) is 3.74. The van der Waals surface area contributed by atoms with Crippen LogP contribution >= 0.6 is 0 Å². The molecule has 6 nitrogen and oxygen atoms in total. The highest BCUT2D eigenvalue weighted by atomic mass is 28.4. The average molecular weight is 430 g/mol. The molecule has 0 spiro atoms. The van der Waals surface area contributed by atoms with Crippen molar-refractivity contribution in [2.24, 2.45) is 0 Å². The van der Waals surface area contributed by atoms with Crippen molar-refractivity contribution in [3.8, 4) is 11.4 Å². The maximum Gasteiger partial charge on any atom is 0.234 e. The molecule has 0 aliphatic heterocycles. The Bertz CT molecular complexity index is 1020. The molecule has 0 radical (unpaired) electrons. The highest BCUT2D eigenvalue weighted by Gasteiger charge is 2.37. The summed E-state index contributed by atoms with van der Waals surface area (Å²) in [4.78, 5) is 17.7. The van der Waals surface area contributed by atoms with Crippen molar-refractivity contribution in [2.45, 2.75) is 77.9 Å². The molecule has 0 amide bonds. The van der Waals surface area contributed by atoms with E-state index in [0.29, 0.717) is 11.5 Å². The standard InChI is InChI=1S/C22H32FN5OSi/c1-8-30(9-2,10-3)29-22(6,7)18-12-14-28-17(15-25-20(28)27-18)16-11-13-24-19(26-16)21(4,5)23/h11-15H,8-10H2,1-7H3. The van der Waals surface area contributed by atoms with Gasteiger partial charge in [0.25, 0.3) is 0 Å². The third kappa shape index (κ3) is 4.30. The van der Waals surface area contributed by atoms with Gasteiger partial charge in [-0.1, -0.05) is 20.8 Å². The number of aromatic nitrogens is 5. The highest BCUT2D eigenvalue weighted by Crippen LogP contribution is 2.33. The number of hydrogen-bond donors (Lipinski definition) is 0. The molecule has 0 saturated carbocycles. The van der Waals surface area contributed by atoms with E-state index < -0.39 is 19.6 Å². The van der Waals surface area contributed by atoms with Crippen LogP contribution in [0.5, 0.6) is 0 Å². The SMILES string of the molecule is CC[Si](CC)(CC)OC(C)(C)c1ccn2c(-c3ccnc(C(C)(C)F)n3)cnc2n1. The summed E-state index contributed by atoms with van der Waals surface area (Å²) in [5.74, 6) is 0.713. The summed E-state index contributed by atoms with van der Waals surface area (Å²) in [5.41, 5.74) is 0.0975. The molecule has 8 heteroatoms. The molecule has 3 heterocycles. The van der Waals surface area contributed by atoms with E-state index in [1.165, 1.54) is 13.8 Å². The van der Waals surface area contributed by atoms with Gasteiger partial charge in [0.1, 0.15) is 0 Å². The quantitative estimate of drug-likeness (QED) is 0.433. The third-order valence-corrected chi connectivity index (χ3v) is 10.7. The zero-order valence-electron chi connectivity index (χ0n) is 19.0. The van der Waals surface area contributed by atoms with Crippen LogP contribution in [0.25, 0.3) is 17.2 Å². The lowest BCUT2D eigenvalue weighted by Gasteiger charge is -2.37. The molecule has 162 valence electrons. The Balaban J connectivity index is 1.99. The number of nitrogens with zero attached hydrogens (tertiary/aromatic N) is 5. The largest absolute Gasteiger partial charge is 0.406 e. The highest BCUT2D eigenvalue weighted by molar-refractivity contribution is 6.73. The average Bonchev–Trinajstić information content (AvgIpc) is 3.15. The van der Waals surface area contributed by atoms with E-state index in [4.69, 9.17) is 9.41 Å². The molecule has 3 aromatic rings. The molecule has 30 heavy (non-hydrogen) atoms. The molecule has 0 atom stereocenters.